The summed E-state index contributed by atoms with van der Waals surface area (Å²) >= 11 is 1.23. The van der Waals surface area contributed by atoms with Crippen molar-refractivity contribution in [3.8, 4) is 17.1 Å². The van der Waals surface area contributed by atoms with Crippen molar-refractivity contribution in [3.05, 3.63) is 59.4 Å². The number of halogens is 1. The number of aryl methyl sites for hydroxylation is 1. The van der Waals surface area contributed by atoms with E-state index in [0.717, 1.165) is 16.9 Å². The fraction of sp³-hybridized carbons (Fsp3) is 0.211. The second-order valence-electron chi connectivity index (χ2n) is 5.84. The summed E-state index contributed by atoms with van der Waals surface area (Å²) in [7, 11) is 1.61. The van der Waals surface area contributed by atoms with Gasteiger partial charge in [-0.05, 0) is 48.4 Å². The number of methoxy groups -OCH3 is 1. The molecule has 0 fully saturated rings. The Hall–Kier alpha value is -2.87. The lowest BCUT2D eigenvalue weighted by atomic mass is 10.1. The third kappa shape index (κ3) is 5.07. The lowest BCUT2D eigenvalue weighted by Crippen LogP contribution is -2.24. The number of benzene rings is 2. The van der Waals surface area contributed by atoms with Gasteiger partial charge in [0.05, 0.1) is 12.9 Å². The zero-order valence-corrected chi connectivity index (χ0v) is 15.8. The van der Waals surface area contributed by atoms with Gasteiger partial charge in [0, 0.05) is 12.1 Å². The van der Waals surface area contributed by atoms with Gasteiger partial charge in [-0.2, -0.15) is 0 Å². The maximum atomic E-state index is 13.5. The molecule has 1 aromatic heterocycles. The first kappa shape index (κ1) is 18.9. The molecule has 2 aromatic carbocycles. The normalized spacial score (nSPS) is 10.6. The molecule has 3 aromatic rings. The van der Waals surface area contributed by atoms with Crippen LogP contribution >= 0.6 is 11.8 Å². The van der Waals surface area contributed by atoms with E-state index in [9.17, 15) is 9.18 Å². The third-order valence-electron chi connectivity index (χ3n) is 3.89. The fourth-order valence-electron chi connectivity index (χ4n) is 2.32. The molecule has 27 heavy (non-hydrogen) atoms. The first-order chi connectivity index (χ1) is 13.0. The number of ether oxygens (including phenoxy) is 1. The van der Waals surface area contributed by atoms with Crippen molar-refractivity contribution in [2.45, 2.75) is 18.6 Å². The number of aromatic nitrogens is 3. The summed E-state index contributed by atoms with van der Waals surface area (Å²) in [5.41, 5.74) is 2.18. The van der Waals surface area contributed by atoms with Crippen LogP contribution in [0.4, 0.5) is 4.39 Å². The Morgan fingerprint density at radius 3 is 2.74 bits per heavy atom. The molecule has 1 amide bonds. The maximum Gasteiger partial charge on any atom is 0.230 e. The predicted molar refractivity (Wildman–Crippen MR) is 102 cm³/mol. The van der Waals surface area contributed by atoms with Crippen LogP contribution in [0, 0.1) is 12.7 Å². The lowest BCUT2D eigenvalue weighted by Gasteiger charge is -2.05. The molecule has 0 saturated heterocycles. The molecule has 2 N–H and O–H groups in total. The van der Waals surface area contributed by atoms with Crippen LogP contribution in [-0.4, -0.2) is 34.0 Å². The van der Waals surface area contributed by atoms with E-state index in [1.54, 1.807) is 26.2 Å². The molecule has 140 valence electrons. The molecule has 0 unspecified atom stereocenters. The fourth-order valence-corrected chi connectivity index (χ4v) is 2.95. The van der Waals surface area contributed by atoms with E-state index in [2.05, 4.69) is 20.5 Å². The monoisotopic (exact) mass is 386 g/mol. The standard InChI is InChI=1S/C19H19FN4O2S/c1-12-3-4-13(9-16(12)20)10-21-17(25)11-27-19-22-18(23-24-19)14-5-7-15(26-2)8-6-14/h3-9H,10-11H2,1-2H3,(H,21,25)(H,22,23,24). The van der Waals surface area contributed by atoms with Crippen LogP contribution in [0.1, 0.15) is 11.1 Å². The number of H-pyrrole nitrogens is 1. The molecule has 0 saturated carbocycles. The highest BCUT2D eigenvalue weighted by molar-refractivity contribution is 7.99. The molecule has 0 aliphatic heterocycles. The SMILES string of the molecule is COc1ccc(-c2nc(SCC(=O)NCc3ccc(C)c(F)c3)n[nH]2)cc1. The van der Waals surface area contributed by atoms with Crippen molar-refractivity contribution in [2.75, 3.05) is 12.9 Å². The number of thioether (sulfide) groups is 1. The van der Waals surface area contributed by atoms with Gasteiger partial charge in [-0.1, -0.05) is 23.9 Å². The average molecular weight is 386 g/mol. The van der Waals surface area contributed by atoms with Gasteiger partial charge >= 0.3 is 0 Å². The van der Waals surface area contributed by atoms with Gasteiger partial charge in [0.15, 0.2) is 5.82 Å². The van der Waals surface area contributed by atoms with Crippen LogP contribution in [0.15, 0.2) is 47.6 Å². The van der Waals surface area contributed by atoms with E-state index in [1.165, 1.54) is 17.8 Å². The van der Waals surface area contributed by atoms with Gasteiger partial charge in [0.2, 0.25) is 11.1 Å². The average Bonchev–Trinajstić information content (AvgIpc) is 3.16. The molecule has 0 aliphatic carbocycles. The van der Waals surface area contributed by atoms with E-state index >= 15 is 0 Å². The summed E-state index contributed by atoms with van der Waals surface area (Å²) < 4.78 is 18.6. The van der Waals surface area contributed by atoms with Crippen molar-refractivity contribution in [1.82, 2.24) is 20.5 Å². The Balaban J connectivity index is 1.50. The molecule has 6 nitrogen and oxygen atoms in total. The lowest BCUT2D eigenvalue weighted by molar-refractivity contribution is -0.118. The number of hydrogen-bond acceptors (Lipinski definition) is 5. The largest absolute Gasteiger partial charge is 0.497 e. The van der Waals surface area contributed by atoms with Gasteiger partial charge in [0.1, 0.15) is 11.6 Å². The number of aromatic amines is 1. The quantitative estimate of drug-likeness (QED) is 0.609. The van der Waals surface area contributed by atoms with E-state index in [1.807, 2.05) is 24.3 Å². The Morgan fingerprint density at radius 2 is 2.04 bits per heavy atom. The zero-order chi connectivity index (χ0) is 19.2. The second kappa shape index (κ2) is 8.68. The van der Waals surface area contributed by atoms with Crippen molar-refractivity contribution in [2.24, 2.45) is 0 Å². The minimum absolute atomic E-state index is 0.170. The van der Waals surface area contributed by atoms with Gasteiger partial charge in [0.25, 0.3) is 0 Å². The summed E-state index contributed by atoms with van der Waals surface area (Å²) in [5.74, 6) is 1.11. The number of hydrogen-bond donors (Lipinski definition) is 2. The van der Waals surface area contributed by atoms with Crippen LogP contribution in [0.25, 0.3) is 11.4 Å². The van der Waals surface area contributed by atoms with Gasteiger partial charge in [-0.3, -0.25) is 9.89 Å². The molecule has 0 radical (unpaired) electrons. The highest BCUT2D eigenvalue weighted by atomic mass is 32.2. The number of nitrogens with one attached hydrogen (secondary N) is 2. The Kier molecular flexibility index (Phi) is 6.08. The smallest absolute Gasteiger partial charge is 0.230 e. The summed E-state index contributed by atoms with van der Waals surface area (Å²) in [5, 5.41) is 10.2. The van der Waals surface area contributed by atoms with Crippen molar-refractivity contribution >= 4 is 17.7 Å². The molecule has 8 heteroatoms. The van der Waals surface area contributed by atoms with Crippen LogP contribution in [0.3, 0.4) is 0 Å². The highest BCUT2D eigenvalue weighted by Gasteiger charge is 2.09. The van der Waals surface area contributed by atoms with E-state index in [4.69, 9.17) is 4.74 Å². The molecule has 0 aliphatic rings. The second-order valence-corrected chi connectivity index (χ2v) is 6.79. The zero-order valence-electron chi connectivity index (χ0n) is 15.0. The predicted octanol–water partition coefficient (Wildman–Crippen LogP) is 3.34. The van der Waals surface area contributed by atoms with E-state index in [-0.39, 0.29) is 24.0 Å². The minimum atomic E-state index is -0.275. The summed E-state index contributed by atoms with van der Waals surface area (Å²) in [6, 6.07) is 12.3. The number of rotatable bonds is 7. The van der Waals surface area contributed by atoms with Crippen LogP contribution in [0.2, 0.25) is 0 Å². The topological polar surface area (TPSA) is 79.9 Å². The Morgan fingerprint density at radius 1 is 1.26 bits per heavy atom. The summed E-state index contributed by atoms with van der Waals surface area (Å²) in [6.45, 7) is 1.98. The van der Waals surface area contributed by atoms with Crippen LogP contribution in [-0.2, 0) is 11.3 Å². The Labute approximate surface area is 160 Å². The number of amides is 1. The van der Waals surface area contributed by atoms with Gasteiger partial charge < -0.3 is 10.1 Å². The van der Waals surface area contributed by atoms with Crippen molar-refractivity contribution in [3.63, 3.8) is 0 Å². The molecule has 1 heterocycles. The van der Waals surface area contributed by atoms with Gasteiger partial charge in [-0.15, -0.1) is 5.10 Å². The van der Waals surface area contributed by atoms with Crippen molar-refractivity contribution in [1.29, 1.82) is 0 Å². The first-order valence-corrected chi connectivity index (χ1v) is 9.25. The highest BCUT2D eigenvalue weighted by Crippen LogP contribution is 2.21. The van der Waals surface area contributed by atoms with Crippen LogP contribution in [0.5, 0.6) is 5.75 Å². The van der Waals surface area contributed by atoms with E-state index < -0.39 is 0 Å². The van der Waals surface area contributed by atoms with Crippen molar-refractivity contribution < 1.29 is 13.9 Å². The summed E-state index contributed by atoms with van der Waals surface area (Å²) in [6.07, 6.45) is 0. The first-order valence-electron chi connectivity index (χ1n) is 8.26. The third-order valence-corrected chi connectivity index (χ3v) is 4.73. The number of carbonyl (C=O) groups excluding carboxylic acids is 1. The Bertz CT molecular complexity index is 928. The number of nitrogens with zero attached hydrogens (tertiary/aromatic N) is 2. The number of carbonyl (C=O) groups is 1. The minimum Gasteiger partial charge on any atom is -0.497 e. The molecule has 0 bridgehead atoms. The van der Waals surface area contributed by atoms with E-state index in [0.29, 0.717) is 16.5 Å². The molecular weight excluding hydrogens is 367 g/mol. The molecular formula is C19H19FN4O2S. The van der Waals surface area contributed by atoms with Crippen LogP contribution < -0.4 is 10.1 Å². The molecule has 0 spiro atoms. The summed E-state index contributed by atoms with van der Waals surface area (Å²) in [4.78, 5) is 16.4. The maximum absolute atomic E-state index is 13.5. The molecule has 3 rings (SSSR count). The van der Waals surface area contributed by atoms with Gasteiger partial charge in [-0.25, -0.2) is 9.37 Å². The molecule has 0 atom stereocenters.